The lowest BCUT2D eigenvalue weighted by Crippen LogP contribution is -2.48. The number of aryl methyl sites for hydroxylation is 1. The molecule has 2 amide bonds. The molecule has 7 heteroatoms. The van der Waals surface area contributed by atoms with E-state index in [1.807, 2.05) is 48.2 Å². The number of hydrogen-bond acceptors (Lipinski definition) is 4. The zero-order valence-corrected chi connectivity index (χ0v) is 18.3. The lowest BCUT2D eigenvalue weighted by Gasteiger charge is -2.36. The molecule has 2 N–H and O–H groups in total. The number of anilines is 2. The number of carbonyl (C=O) groups is 2. The Bertz CT molecular complexity index is 888. The summed E-state index contributed by atoms with van der Waals surface area (Å²) in [4.78, 5) is 28.3. The Morgan fingerprint density at radius 2 is 1.57 bits per heavy atom. The van der Waals surface area contributed by atoms with Crippen molar-refractivity contribution in [3.8, 4) is 0 Å². The minimum absolute atomic E-state index is 0.214. The molecule has 6 nitrogen and oxygen atoms in total. The largest absolute Gasteiger partial charge is 0.368 e. The molecule has 30 heavy (non-hydrogen) atoms. The number of amides is 2. The second-order valence-corrected chi connectivity index (χ2v) is 7.64. The van der Waals surface area contributed by atoms with Crippen LogP contribution in [-0.2, 0) is 11.2 Å². The second-order valence-electron chi connectivity index (χ2n) is 7.23. The molecule has 0 saturated carbocycles. The van der Waals surface area contributed by atoms with E-state index in [1.54, 1.807) is 12.1 Å². The van der Waals surface area contributed by atoms with Gasteiger partial charge in [-0.05, 0) is 60.6 Å². The first-order chi connectivity index (χ1) is 14.5. The Kier molecular flexibility index (Phi) is 7.41. The zero-order valence-electron chi connectivity index (χ0n) is 17.5. The van der Waals surface area contributed by atoms with Crippen LogP contribution in [-0.4, -0.2) is 48.0 Å². The third-order valence-electron chi connectivity index (χ3n) is 5.28. The molecule has 1 aliphatic rings. The minimum Gasteiger partial charge on any atom is -0.368 e. The van der Waals surface area contributed by atoms with Gasteiger partial charge in [0.2, 0.25) is 5.91 Å². The van der Waals surface area contributed by atoms with Gasteiger partial charge in [-0.3, -0.25) is 14.9 Å². The van der Waals surface area contributed by atoms with Crippen LogP contribution in [0.5, 0.6) is 0 Å². The Labute approximate surface area is 183 Å². The summed E-state index contributed by atoms with van der Waals surface area (Å²) in [6, 6.07) is 15.4. The number of carbonyl (C=O) groups excluding carboxylic acids is 2. The molecule has 0 bridgehead atoms. The highest BCUT2D eigenvalue weighted by atomic mass is 32.1. The van der Waals surface area contributed by atoms with Gasteiger partial charge in [0.25, 0.3) is 5.91 Å². The van der Waals surface area contributed by atoms with E-state index in [0.29, 0.717) is 12.0 Å². The maximum Gasteiger partial charge on any atom is 0.257 e. The molecule has 1 heterocycles. The average Bonchev–Trinajstić information content (AvgIpc) is 2.79. The van der Waals surface area contributed by atoms with Crippen LogP contribution in [0.4, 0.5) is 11.4 Å². The molecule has 0 unspecified atom stereocenters. The molecule has 3 rings (SSSR count). The Morgan fingerprint density at radius 1 is 0.933 bits per heavy atom. The van der Waals surface area contributed by atoms with Gasteiger partial charge < -0.3 is 15.1 Å². The highest BCUT2D eigenvalue weighted by Crippen LogP contribution is 2.20. The van der Waals surface area contributed by atoms with Gasteiger partial charge in [0.05, 0.1) is 0 Å². The van der Waals surface area contributed by atoms with Crippen molar-refractivity contribution in [3.05, 3.63) is 59.7 Å². The fourth-order valence-corrected chi connectivity index (χ4v) is 3.63. The Morgan fingerprint density at radius 3 is 2.13 bits per heavy atom. The van der Waals surface area contributed by atoms with Gasteiger partial charge in [-0.1, -0.05) is 26.0 Å². The van der Waals surface area contributed by atoms with Crippen LogP contribution in [0.3, 0.4) is 0 Å². The highest BCUT2D eigenvalue weighted by Gasteiger charge is 2.20. The first-order valence-corrected chi connectivity index (χ1v) is 10.7. The monoisotopic (exact) mass is 424 g/mol. The molecular formula is C23H28N4O2S. The smallest absolute Gasteiger partial charge is 0.257 e. The number of nitrogens with zero attached hydrogens (tertiary/aromatic N) is 2. The fraction of sp³-hybridized carbons (Fsp3) is 0.348. The van der Waals surface area contributed by atoms with E-state index in [0.717, 1.165) is 44.0 Å². The number of rotatable bonds is 5. The van der Waals surface area contributed by atoms with E-state index in [2.05, 4.69) is 22.5 Å². The number of piperazine rings is 1. The summed E-state index contributed by atoms with van der Waals surface area (Å²) in [5.41, 5.74) is 3.68. The molecule has 0 radical (unpaired) electrons. The van der Waals surface area contributed by atoms with E-state index in [-0.39, 0.29) is 16.9 Å². The topological polar surface area (TPSA) is 64.7 Å². The molecule has 1 saturated heterocycles. The van der Waals surface area contributed by atoms with E-state index in [9.17, 15) is 9.59 Å². The van der Waals surface area contributed by atoms with Crippen molar-refractivity contribution in [1.82, 2.24) is 10.2 Å². The van der Waals surface area contributed by atoms with Crippen LogP contribution in [0.25, 0.3) is 0 Å². The van der Waals surface area contributed by atoms with Gasteiger partial charge in [0, 0.05) is 49.5 Å². The minimum atomic E-state index is -0.230. The number of hydrogen-bond donors (Lipinski definition) is 2. The molecule has 0 atom stereocenters. The van der Waals surface area contributed by atoms with Gasteiger partial charge in [0.1, 0.15) is 0 Å². The number of thiocarbonyl (C=S) groups is 1. The van der Waals surface area contributed by atoms with Gasteiger partial charge in [-0.2, -0.15) is 0 Å². The van der Waals surface area contributed by atoms with Crippen molar-refractivity contribution in [2.75, 3.05) is 36.4 Å². The molecule has 0 aromatic heterocycles. The molecule has 2 aromatic rings. The molecule has 1 fully saturated rings. The van der Waals surface area contributed by atoms with Crippen molar-refractivity contribution in [2.24, 2.45) is 0 Å². The van der Waals surface area contributed by atoms with Crippen molar-refractivity contribution in [2.45, 2.75) is 26.7 Å². The first-order valence-electron chi connectivity index (χ1n) is 10.3. The molecule has 1 aliphatic heterocycles. The van der Waals surface area contributed by atoms with Crippen LogP contribution in [0.15, 0.2) is 48.5 Å². The van der Waals surface area contributed by atoms with E-state index < -0.39 is 0 Å². The van der Waals surface area contributed by atoms with Crippen LogP contribution in [0.1, 0.15) is 36.2 Å². The molecule has 2 aromatic carbocycles. The number of benzene rings is 2. The van der Waals surface area contributed by atoms with Gasteiger partial charge in [-0.15, -0.1) is 0 Å². The zero-order chi connectivity index (χ0) is 21.5. The van der Waals surface area contributed by atoms with E-state index >= 15 is 0 Å². The lowest BCUT2D eigenvalue weighted by atomic mass is 10.1. The van der Waals surface area contributed by atoms with E-state index in [4.69, 9.17) is 12.2 Å². The fourth-order valence-electron chi connectivity index (χ4n) is 3.42. The highest BCUT2D eigenvalue weighted by molar-refractivity contribution is 7.80. The Hall–Kier alpha value is -2.93. The number of nitrogens with one attached hydrogen (secondary N) is 2. The standard InChI is InChI=1S/C23H28N4O2S/c1-3-17-5-7-18(8-6-17)22(29)25-23(30)24-19-9-11-20(12-10-19)26-13-15-27(16-14-26)21(28)4-2/h5-12H,3-4,13-16H2,1-2H3,(H2,24,25,29,30). The van der Waals surface area contributed by atoms with Crippen LogP contribution in [0, 0.1) is 0 Å². The Balaban J connectivity index is 1.50. The van der Waals surface area contributed by atoms with Crippen molar-refractivity contribution < 1.29 is 9.59 Å². The van der Waals surface area contributed by atoms with Gasteiger partial charge in [-0.25, -0.2) is 0 Å². The predicted molar refractivity (Wildman–Crippen MR) is 125 cm³/mol. The maximum atomic E-state index is 12.3. The summed E-state index contributed by atoms with van der Waals surface area (Å²) in [5, 5.41) is 6.03. The predicted octanol–water partition coefficient (Wildman–Crippen LogP) is 3.43. The van der Waals surface area contributed by atoms with Crippen molar-refractivity contribution in [3.63, 3.8) is 0 Å². The van der Waals surface area contributed by atoms with E-state index in [1.165, 1.54) is 5.56 Å². The summed E-state index contributed by atoms with van der Waals surface area (Å²) >= 11 is 5.28. The summed E-state index contributed by atoms with van der Waals surface area (Å²) in [6.07, 6.45) is 1.49. The first kappa shape index (κ1) is 21.8. The van der Waals surface area contributed by atoms with Crippen molar-refractivity contribution >= 4 is 40.5 Å². The summed E-state index contributed by atoms with van der Waals surface area (Å²) in [7, 11) is 0. The maximum absolute atomic E-state index is 12.3. The third-order valence-corrected chi connectivity index (χ3v) is 5.48. The quantitative estimate of drug-likeness (QED) is 0.720. The average molecular weight is 425 g/mol. The lowest BCUT2D eigenvalue weighted by molar-refractivity contribution is -0.131. The molecule has 0 aliphatic carbocycles. The normalized spacial score (nSPS) is 13.7. The molecular weight excluding hydrogens is 396 g/mol. The van der Waals surface area contributed by atoms with Crippen LogP contribution >= 0.6 is 12.2 Å². The third kappa shape index (κ3) is 5.57. The second kappa shape index (κ2) is 10.2. The van der Waals surface area contributed by atoms with Crippen molar-refractivity contribution in [1.29, 1.82) is 0 Å². The SMILES string of the molecule is CCC(=O)N1CCN(c2ccc(NC(=S)NC(=O)c3ccc(CC)cc3)cc2)CC1. The molecule has 158 valence electrons. The molecule has 0 spiro atoms. The van der Waals surface area contributed by atoms with Gasteiger partial charge >= 0.3 is 0 Å². The summed E-state index contributed by atoms with van der Waals surface area (Å²) < 4.78 is 0. The van der Waals surface area contributed by atoms with Gasteiger partial charge in [0.15, 0.2) is 5.11 Å². The van der Waals surface area contributed by atoms with Crippen LogP contribution < -0.4 is 15.5 Å². The summed E-state index contributed by atoms with van der Waals surface area (Å²) in [5.74, 6) is -0.0164. The summed E-state index contributed by atoms with van der Waals surface area (Å²) in [6.45, 7) is 7.12. The van der Waals surface area contributed by atoms with Crippen LogP contribution in [0.2, 0.25) is 0 Å².